The first-order chi connectivity index (χ1) is 10.0. The SMILES string of the molecule is O=C(C[C@@H]1CC1(F)F)NC1(c2ccccc2)CCOCC1. The zero-order valence-electron chi connectivity index (χ0n) is 11.8. The van der Waals surface area contributed by atoms with E-state index >= 15 is 0 Å². The molecule has 0 bridgehead atoms. The normalized spacial score (nSPS) is 26.1. The van der Waals surface area contributed by atoms with E-state index in [0.29, 0.717) is 26.1 Å². The van der Waals surface area contributed by atoms with Crippen LogP contribution in [0.4, 0.5) is 8.78 Å². The summed E-state index contributed by atoms with van der Waals surface area (Å²) in [5.74, 6) is -3.72. The molecule has 1 aromatic carbocycles. The Morgan fingerprint density at radius 2 is 1.86 bits per heavy atom. The predicted octanol–water partition coefficient (Wildman–Crippen LogP) is 2.85. The molecule has 1 aliphatic carbocycles. The summed E-state index contributed by atoms with van der Waals surface area (Å²) in [4.78, 5) is 12.1. The largest absolute Gasteiger partial charge is 0.381 e. The number of carbonyl (C=O) groups is 1. The summed E-state index contributed by atoms with van der Waals surface area (Å²) in [6, 6.07) is 9.71. The lowest BCUT2D eigenvalue weighted by Gasteiger charge is -2.38. The third-order valence-corrected chi connectivity index (χ3v) is 4.44. The standard InChI is InChI=1S/C16H19F2NO2/c17-16(18)11-13(16)10-14(20)19-15(6-8-21-9-7-15)12-4-2-1-3-5-12/h1-5,13H,6-11H2,(H,19,20)/t13-/m1/s1. The third-order valence-electron chi connectivity index (χ3n) is 4.44. The minimum atomic E-state index is -2.65. The van der Waals surface area contributed by atoms with Gasteiger partial charge in [-0.3, -0.25) is 4.79 Å². The Kier molecular flexibility index (Phi) is 3.69. The molecule has 3 rings (SSSR count). The van der Waals surface area contributed by atoms with Gasteiger partial charge in [-0.2, -0.15) is 0 Å². The molecule has 1 N–H and O–H groups in total. The van der Waals surface area contributed by atoms with Gasteiger partial charge in [0.1, 0.15) is 0 Å². The van der Waals surface area contributed by atoms with Gasteiger partial charge in [-0.15, -0.1) is 0 Å². The summed E-state index contributed by atoms with van der Waals surface area (Å²) >= 11 is 0. The van der Waals surface area contributed by atoms with Crippen LogP contribution in [0.25, 0.3) is 0 Å². The van der Waals surface area contributed by atoms with Crippen molar-refractivity contribution in [2.24, 2.45) is 5.92 Å². The molecular formula is C16H19F2NO2. The number of amides is 1. The van der Waals surface area contributed by atoms with Crippen molar-refractivity contribution in [1.29, 1.82) is 0 Å². The lowest BCUT2D eigenvalue weighted by Crippen LogP contribution is -2.49. The molecule has 3 nitrogen and oxygen atoms in total. The van der Waals surface area contributed by atoms with Gasteiger partial charge < -0.3 is 10.1 Å². The quantitative estimate of drug-likeness (QED) is 0.927. The van der Waals surface area contributed by atoms with E-state index in [1.165, 1.54) is 0 Å². The van der Waals surface area contributed by atoms with Crippen LogP contribution < -0.4 is 5.32 Å². The Bertz CT molecular complexity index is 512. The topological polar surface area (TPSA) is 38.3 Å². The maximum absolute atomic E-state index is 13.0. The molecule has 1 saturated heterocycles. The molecular weight excluding hydrogens is 276 g/mol. The van der Waals surface area contributed by atoms with Crippen LogP contribution in [0.2, 0.25) is 0 Å². The molecule has 2 fully saturated rings. The molecule has 5 heteroatoms. The predicted molar refractivity (Wildman–Crippen MR) is 74.0 cm³/mol. The third kappa shape index (κ3) is 3.07. The first kappa shape index (κ1) is 14.4. The van der Waals surface area contributed by atoms with E-state index in [1.807, 2.05) is 30.3 Å². The van der Waals surface area contributed by atoms with Crippen molar-refractivity contribution in [3.8, 4) is 0 Å². The minimum absolute atomic E-state index is 0.0948. The van der Waals surface area contributed by atoms with E-state index in [-0.39, 0.29) is 18.7 Å². The van der Waals surface area contributed by atoms with Gasteiger partial charge in [0.25, 0.3) is 5.92 Å². The maximum Gasteiger partial charge on any atom is 0.252 e. The Hall–Kier alpha value is -1.49. The van der Waals surface area contributed by atoms with Crippen molar-refractivity contribution in [2.45, 2.75) is 37.1 Å². The number of benzene rings is 1. The lowest BCUT2D eigenvalue weighted by molar-refractivity contribution is -0.125. The van der Waals surface area contributed by atoms with Crippen LogP contribution in [0, 0.1) is 5.92 Å². The average molecular weight is 295 g/mol. The van der Waals surface area contributed by atoms with Crippen molar-refractivity contribution in [3.63, 3.8) is 0 Å². The molecule has 2 aliphatic rings. The van der Waals surface area contributed by atoms with Crippen LogP contribution in [0.3, 0.4) is 0 Å². The van der Waals surface area contributed by atoms with Crippen molar-refractivity contribution in [2.75, 3.05) is 13.2 Å². The van der Waals surface area contributed by atoms with E-state index in [9.17, 15) is 13.6 Å². The van der Waals surface area contributed by atoms with Crippen LogP contribution in [0.1, 0.15) is 31.2 Å². The van der Waals surface area contributed by atoms with Gasteiger partial charge in [0.15, 0.2) is 0 Å². The number of rotatable bonds is 4. The zero-order valence-corrected chi connectivity index (χ0v) is 11.8. The van der Waals surface area contributed by atoms with Crippen molar-refractivity contribution in [3.05, 3.63) is 35.9 Å². The average Bonchev–Trinajstić information content (AvgIpc) is 3.07. The maximum atomic E-state index is 13.0. The Balaban J connectivity index is 1.72. The Labute approximate surface area is 122 Å². The molecule has 0 unspecified atom stereocenters. The summed E-state index contributed by atoms with van der Waals surface area (Å²) in [6.45, 7) is 1.13. The zero-order chi connectivity index (χ0) is 14.9. The highest BCUT2D eigenvalue weighted by molar-refractivity contribution is 5.78. The molecule has 0 radical (unpaired) electrons. The van der Waals surface area contributed by atoms with E-state index < -0.39 is 17.4 Å². The van der Waals surface area contributed by atoms with Crippen LogP contribution in [0.5, 0.6) is 0 Å². The fourth-order valence-electron chi connectivity index (χ4n) is 3.00. The van der Waals surface area contributed by atoms with E-state index in [0.717, 1.165) is 5.56 Å². The summed E-state index contributed by atoms with van der Waals surface area (Å²) in [5, 5.41) is 3.01. The van der Waals surface area contributed by atoms with Gasteiger partial charge in [-0.05, 0) is 18.4 Å². The summed E-state index contributed by atoms with van der Waals surface area (Å²) < 4.78 is 31.3. The highest BCUT2D eigenvalue weighted by Gasteiger charge is 2.57. The second kappa shape index (κ2) is 5.37. The van der Waals surface area contributed by atoms with Crippen LogP contribution >= 0.6 is 0 Å². The molecule has 21 heavy (non-hydrogen) atoms. The molecule has 1 aliphatic heterocycles. The summed E-state index contributed by atoms with van der Waals surface area (Å²) in [5.41, 5.74) is 0.532. The lowest BCUT2D eigenvalue weighted by atomic mass is 9.82. The van der Waals surface area contributed by atoms with Gasteiger partial charge in [0, 0.05) is 32.0 Å². The van der Waals surface area contributed by atoms with E-state index in [2.05, 4.69) is 5.32 Å². The molecule has 1 heterocycles. The molecule has 1 saturated carbocycles. The fraction of sp³-hybridized carbons (Fsp3) is 0.562. The Morgan fingerprint density at radius 1 is 1.24 bits per heavy atom. The molecule has 114 valence electrons. The second-order valence-electron chi connectivity index (χ2n) is 5.97. The highest BCUT2D eigenvalue weighted by Crippen LogP contribution is 2.50. The number of alkyl halides is 2. The van der Waals surface area contributed by atoms with Gasteiger partial charge in [0.05, 0.1) is 5.54 Å². The van der Waals surface area contributed by atoms with Gasteiger partial charge in [-0.25, -0.2) is 8.78 Å². The monoisotopic (exact) mass is 295 g/mol. The van der Waals surface area contributed by atoms with Gasteiger partial charge in [0.2, 0.25) is 5.91 Å². The first-order valence-electron chi connectivity index (χ1n) is 7.34. The van der Waals surface area contributed by atoms with Crippen LogP contribution in [-0.4, -0.2) is 25.0 Å². The number of hydrogen-bond acceptors (Lipinski definition) is 2. The fourth-order valence-corrected chi connectivity index (χ4v) is 3.00. The Morgan fingerprint density at radius 3 is 2.43 bits per heavy atom. The van der Waals surface area contributed by atoms with Crippen molar-refractivity contribution < 1.29 is 18.3 Å². The smallest absolute Gasteiger partial charge is 0.252 e. The highest BCUT2D eigenvalue weighted by atomic mass is 19.3. The number of halogens is 2. The van der Waals surface area contributed by atoms with E-state index in [4.69, 9.17) is 4.74 Å². The number of carbonyl (C=O) groups excluding carboxylic acids is 1. The van der Waals surface area contributed by atoms with Crippen molar-refractivity contribution >= 4 is 5.91 Å². The summed E-state index contributed by atoms with van der Waals surface area (Å²) in [6.07, 6.45) is 1.08. The first-order valence-corrected chi connectivity index (χ1v) is 7.34. The molecule has 1 atom stereocenters. The summed E-state index contributed by atoms with van der Waals surface area (Å²) in [7, 11) is 0. The molecule has 0 spiro atoms. The molecule has 1 aromatic rings. The van der Waals surface area contributed by atoms with Crippen LogP contribution in [-0.2, 0) is 15.1 Å². The van der Waals surface area contributed by atoms with Crippen molar-refractivity contribution in [1.82, 2.24) is 5.32 Å². The van der Waals surface area contributed by atoms with Crippen LogP contribution in [0.15, 0.2) is 30.3 Å². The molecule has 0 aromatic heterocycles. The number of nitrogens with one attached hydrogen (secondary N) is 1. The van der Waals surface area contributed by atoms with Gasteiger partial charge >= 0.3 is 0 Å². The number of hydrogen-bond donors (Lipinski definition) is 1. The minimum Gasteiger partial charge on any atom is -0.381 e. The van der Waals surface area contributed by atoms with E-state index in [1.54, 1.807) is 0 Å². The second-order valence-corrected chi connectivity index (χ2v) is 5.97. The number of ether oxygens (including phenoxy) is 1. The molecule has 1 amide bonds. The van der Waals surface area contributed by atoms with Gasteiger partial charge in [-0.1, -0.05) is 30.3 Å².